The first kappa shape index (κ1) is 7.45. The highest BCUT2D eigenvalue weighted by molar-refractivity contribution is 5.03. The summed E-state index contributed by atoms with van der Waals surface area (Å²) < 4.78 is 0. The van der Waals surface area contributed by atoms with Gasteiger partial charge in [-0.1, -0.05) is 13.3 Å². The standard InChI is InChI=1S/C8H16N2/c1-3-4-5-8-6-9-7-10(8)2/h6,9H,3-5,7H2,1-2H3. The van der Waals surface area contributed by atoms with Crippen LogP contribution >= 0.6 is 0 Å². The molecular formula is C8H16N2. The molecule has 0 aromatic heterocycles. The molecule has 0 unspecified atom stereocenters. The van der Waals surface area contributed by atoms with Crippen LogP contribution in [0, 0.1) is 0 Å². The fraction of sp³-hybridized carbons (Fsp3) is 0.750. The maximum Gasteiger partial charge on any atom is 0.0866 e. The van der Waals surface area contributed by atoms with E-state index < -0.39 is 0 Å². The molecule has 1 N–H and O–H groups in total. The number of nitrogens with zero attached hydrogens (tertiary/aromatic N) is 1. The largest absolute Gasteiger partial charge is 0.372 e. The molecule has 1 aliphatic heterocycles. The molecule has 0 aromatic carbocycles. The second-order valence-electron chi connectivity index (χ2n) is 2.80. The third-order valence-electron chi connectivity index (χ3n) is 1.87. The molecule has 1 rings (SSSR count). The van der Waals surface area contributed by atoms with Crippen LogP contribution in [0.2, 0.25) is 0 Å². The zero-order valence-electron chi connectivity index (χ0n) is 6.85. The molecule has 10 heavy (non-hydrogen) atoms. The molecule has 0 atom stereocenters. The van der Waals surface area contributed by atoms with Crippen LogP contribution in [0.15, 0.2) is 11.9 Å². The van der Waals surface area contributed by atoms with Crippen molar-refractivity contribution in [1.29, 1.82) is 0 Å². The Morgan fingerprint density at radius 1 is 1.70 bits per heavy atom. The molecule has 1 heterocycles. The van der Waals surface area contributed by atoms with E-state index in [1.54, 1.807) is 0 Å². The van der Waals surface area contributed by atoms with E-state index in [4.69, 9.17) is 0 Å². The van der Waals surface area contributed by atoms with Gasteiger partial charge in [0.2, 0.25) is 0 Å². The maximum atomic E-state index is 3.19. The summed E-state index contributed by atoms with van der Waals surface area (Å²) in [6.45, 7) is 3.21. The lowest BCUT2D eigenvalue weighted by atomic mass is 10.2. The number of hydrogen-bond donors (Lipinski definition) is 1. The van der Waals surface area contributed by atoms with Crippen LogP contribution in [0.25, 0.3) is 0 Å². The highest BCUT2D eigenvalue weighted by Crippen LogP contribution is 2.12. The van der Waals surface area contributed by atoms with Gasteiger partial charge in [-0.15, -0.1) is 0 Å². The summed E-state index contributed by atoms with van der Waals surface area (Å²) in [6.07, 6.45) is 5.93. The van der Waals surface area contributed by atoms with Crippen molar-refractivity contribution in [3.63, 3.8) is 0 Å². The van der Waals surface area contributed by atoms with Crippen molar-refractivity contribution in [3.05, 3.63) is 11.9 Å². The van der Waals surface area contributed by atoms with Gasteiger partial charge in [0.1, 0.15) is 0 Å². The van der Waals surface area contributed by atoms with Crippen molar-refractivity contribution in [2.24, 2.45) is 0 Å². The van der Waals surface area contributed by atoms with Crippen LogP contribution in [0.3, 0.4) is 0 Å². The Morgan fingerprint density at radius 2 is 2.50 bits per heavy atom. The molecule has 0 fully saturated rings. The van der Waals surface area contributed by atoms with Crippen LogP contribution in [0.4, 0.5) is 0 Å². The normalized spacial score (nSPS) is 17.0. The minimum absolute atomic E-state index is 0.985. The van der Waals surface area contributed by atoms with Gasteiger partial charge in [-0.2, -0.15) is 0 Å². The summed E-state index contributed by atoms with van der Waals surface area (Å²) in [5, 5.41) is 3.19. The minimum atomic E-state index is 0.985. The van der Waals surface area contributed by atoms with E-state index in [2.05, 4.69) is 30.4 Å². The minimum Gasteiger partial charge on any atom is -0.372 e. The smallest absolute Gasteiger partial charge is 0.0866 e. The average molecular weight is 140 g/mol. The van der Waals surface area contributed by atoms with Crippen molar-refractivity contribution in [1.82, 2.24) is 10.2 Å². The van der Waals surface area contributed by atoms with Crippen molar-refractivity contribution in [3.8, 4) is 0 Å². The molecule has 1 aliphatic rings. The molecule has 0 radical (unpaired) electrons. The van der Waals surface area contributed by atoms with E-state index in [0.717, 1.165) is 6.67 Å². The fourth-order valence-corrected chi connectivity index (χ4v) is 1.13. The Bertz CT molecular complexity index is 129. The van der Waals surface area contributed by atoms with Gasteiger partial charge in [0.05, 0.1) is 6.67 Å². The second kappa shape index (κ2) is 3.49. The highest BCUT2D eigenvalue weighted by atomic mass is 15.2. The summed E-state index contributed by atoms with van der Waals surface area (Å²) in [4.78, 5) is 2.26. The van der Waals surface area contributed by atoms with Crippen molar-refractivity contribution < 1.29 is 0 Å². The van der Waals surface area contributed by atoms with Crippen LogP contribution < -0.4 is 5.32 Å². The first-order valence-corrected chi connectivity index (χ1v) is 3.98. The van der Waals surface area contributed by atoms with Gasteiger partial charge < -0.3 is 10.2 Å². The predicted molar refractivity (Wildman–Crippen MR) is 43.4 cm³/mol. The third kappa shape index (κ3) is 1.66. The lowest BCUT2D eigenvalue weighted by Crippen LogP contribution is -2.18. The van der Waals surface area contributed by atoms with E-state index in [-0.39, 0.29) is 0 Å². The van der Waals surface area contributed by atoms with Crippen LogP contribution in [0.5, 0.6) is 0 Å². The molecule has 2 nitrogen and oxygen atoms in total. The van der Waals surface area contributed by atoms with Gasteiger partial charge in [0.25, 0.3) is 0 Å². The van der Waals surface area contributed by atoms with Crippen molar-refractivity contribution in [2.75, 3.05) is 13.7 Å². The second-order valence-corrected chi connectivity index (χ2v) is 2.80. The lowest BCUT2D eigenvalue weighted by Gasteiger charge is -2.13. The number of hydrogen-bond acceptors (Lipinski definition) is 2. The number of allylic oxidation sites excluding steroid dienone is 1. The van der Waals surface area contributed by atoms with Crippen molar-refractivity contribution in [2.45, 2.75) is 26.2 Å². The fourth-order valence-electron chi connectivity index (χ4n) is 1.13. The van der Waals surface area contributed by atoms with Crippen LogP contribution in [-0.4, -0.2) is 18.6 Å². The van der Waals surface area contributed by atoms with E-state index in [1.807, 2.05) is 0 Å². The number of unbranched alkanes of at least 4 members (excludes halogenated alkanes) is 1. The monoisotopic (exact) mass is 140 g/mol. The molecule has 0 amide bonds. The molecule has 0 aliphatic carbocycles. The number of nitrogens with one attached hydrogen (secondary N) is 1. The Balaban J connectivity index is 2.26. The Labute approximate surface area is 62.9 Å². The van der Waals surface area contributed by atoms with Crippen LogP contribution in [-0.2, 0) is 0 Å². The molecule has 2 heteroatoms. The summed E-state index contributed by atoms with van der Waals surface area (Å²) in [5.41, 5.74) is 1.45. The maximum absolute atomic E-state index is 3.19. The first-order chi connectivity index (χ1) is 4.84. The van der Waals surface area contributed by atoms with Gasteiger partial charge in [0.15, 0.2) is 0 Å². The molecule has 0 saturated heterocycles. The number of rotatable bonds is 3. The van der Waals surface area contributed by atoms with E-state index in [1.165, 1.54) is 25.0 Å². The van der Waals surface area contributed by atoms with Crippen LogP contribution in [0.1, 0.15) is 26.2 Å². The molecule has 58 valence electrons. The molecular weight excluding hydrogens is 124 g/mol. The summed E-state index contributed by atoms with van der Waals surface area (Å²) in [5.74, 6) is 0. The van der Waals surface area contributed by atoms with Gasteiger partial charge in [0, 0.05) is 18.9 Å². The van der Waals surface area contributed by atoms with E-state index in [9.17, 15) is 0 Å². The van der Waals surface area contributed by atoms with Gasteiger partial charge in [-0.25, -0.2) is 0 Å². The Kier molecular flexibility index (Phi) is 2.60. The Hall–Kier alpha value is -0.660. The zero-order valence-corrected chi connectivity index (χ0v) is 6.85. The first-order valence-electron chi connectivity index (χ1n) is 3.98. The van der Waals surface area contributed by atoms with Gasteiger partial charge in [-0.3, -0.25) is 0 Å². The molecule has 0 aromatic rings. The highest BCUT2D eigenvalue weighted by Gasteiger charge is 2.07. The zero-order chi connectivity index (χ0) is 7.40. The SMILES string of the molecule is CCCCC1=CNCN1C. The topological polar surface area (TPSA) is 15.3 Å². The van der Waals surface area contributed by atoms with Crippen molar-refractivity contribution >= 4 is 0 Å². The quantitative estimate of drug-likeness (QED) is 0.639. The van der Waals surface area contributed by atoms with E-state index >= 15 is 0 Å². The van der Waals surface area contributed by atoms with Gasteiger partial charge in [-0.05, 0) is 12.8 Å². The Morgan fingerprint density at radius 3 is 3.00 bits per heavy atom. The van der Waals surface area contributed by atoms with E-state index in [0.29, 0.717) is 0 Å². The lowest BCUT2D eigenvalue weighted by molar-refractivity contribution is 0.422. The predicted octanol–water partition coefficient (Wildman–Crippen LogP) is 1.51. The molecule has 0 spiro atoms. The molecule has 0 saturated carbocycles. The van der Waals surface area contributed by atoms with Gasteiger partial charge >= 0.3 is 0 Å². The molecule has 0 bridgehead atoms. The summed E-state index contributed by atoms with van der Waals surface area (Å²) in [6, 6.07) is 0. The summed E-state index contributed by atoms with van der Waals surface area (Å²) in [7, 11) is 2.13. The average Bonchev–Trinajstić information content (AvgIpc) is 2.31. The summed E-state index contributed by atoms with van der Waals surface area (Å²) >= 11 is 0. The third-order valence-corrected chi connectivity index (χ3v) is 1.87.